The molecule has 0 aliphatic heterocycles. The molecule has 10 rings (SSSR count). The third-order valence-electron chi connectivity index (χ3n) is 11.5. The van der Waals surface area contributed by atoms with Crippen LogP contribution in [0.1, 0.15) is 52.7 Å². The molecule has 0 radical (unpaired) electrons. The van der Waals surface area contributed by atoms with Crippen LogP contribution in [0.15, 0.2) is 156 Å². The van der Waals surface area contributed by atoms with E-state index in [2.05, 4.69) is 161 Å². The number of pyridine rings is 1. The summed E-state index contributed by atoms with van der Waals surface area (Å²) in [5.74, 6) is 0.822. The molecule has 60 heavy (non-hydrogen) atoms. The van der Waals surface area contributed by atoms with E-state index in [4.69, 9.17) is 14.4 Å². The zero-order valence-electron chi connectivity index (χ0n) is 34.4. The number of fused-ring (bicyclic) bond motifs is 5. The number of furan rings is 1. The Kier molecular flexibility index (Phi) is 9.64. The number of hydrogen-bond donors (Lipinski definition) is 1. The van der Waals surface area contributed by atoms with Gasteiger partial charge >= 0.3 is 0 Å². The standard InChI is InChI=1S/C54H44N3O2.Pt/c1-53(2,3)38-23-24-44(42(32-38)33-15-8-7-9-16-33)57-45-21-14-20-40(51(45)56-52(57)41-19-12-13-22-46(41)58)36-27-37(29-39(28-36)54(4,5)6)50-49-43-30-34-17-10-11-18-35(34)31-48(43)59-47(49)25-26-55-50;/h7-26,28-32,58H,1-6H3;/q-1;. The van der Waals surface area contributed by atoms with E-state index in [1.165, 1.54) is 5.56 Å². The molecule has 0 amide bonds. The van der Waals surface area contributed by atoms with Crippen LogP contribution >= 0.6 is 0 Å². The number of benzene rings is 7. The number of nitrogens with zero attached hydrogens (tertiary/aromatic N) is 3. The van der Waals surface area contributed by atoms with Gasteiger partial charge in [0.25, 0.3) is 0 Å². The zero-order valence-corrected chi connectivity index (χ0v) is 36.7. The minimum atomic E-state index is -0.186. The maximum atomic E-state index is 11.4. The molecule has 10 aromatic rings. The summed E-state index contributed by atoms with van der Waals surface area (Å²) >= 11 is 0. The Morgan fingerprint density at radius 2 is 1.28 bits per heavy atom. The Hall–Kier alpha value is -6.29. The van der Waals surface area contributed by atoms with Crippen molar-refractivity contribution >= 4 is 43.7 Å². The normalized spacial score (nSPS) is 12.1. The summed E-state index contributed by atoms with van der Waals surface area (Å²) in [6.07, 6.45) is 1.83. The van der Waals surface area contributed by atoms with Gasteiger partial charge in [0.1, 0.15) is 22.7 Å². The van der Waals surface area contributed by atoms with Crippen LogP contribution in [0, 0.1) is 6.07 Å². The molecular formula is C54H44N3O2Pt-. The molecule has 0 saturated carbocycles. The van der Waals surface area contributed by atoms with Crippen molar-refractivity contribution in [3.63, 3.8) is 0 Å². The first kappa shape index (κ1) is 39.2. The average Bonchev–Trinajstić information content (AvgIpc) is 3.80. The predicted octanol–water partition coefficient (Wildman–Crippen LogP) is 14.2. The van der Waals surface area contributed by atoms with Gasteiger partial charge in [-0.3, -0.25) is 9.55 Å². The van der Waals surface area contributed by atoms with E-state index in [0.29, 0.717) is 11.4 Å². The van der Waals surface area contributed by atoms with Gasteiger partial charge in [0, 0.05) is 49.3 Å². The quantitative estimate of drug-likeness (QED) is 0.175. The van der Waals surface area contributed by atoms with Gasteiger partial charge in [-0.1, -0.05) is 138 Å². The second-order valence-corrected chi connectivity index (χ2v) is 17.6. The van der Waals surface area contributed by atoms with Gasteiger partial charge in [-0.05, 0) is 81.3 Å². The van der Waals surface area contributed by atoms with E-state index in [1.54, 1.807) is 6.07 Å². The molecular weight excluding hydrogens is 918 g/mol. The van der Waals surface area contributed by atoms with Gasteiger partial charge in [-0.2, -0.15) is 0 Å². The molecule has 0 fully saturated rings. The van der Waals surface area contributed by atoms with Crippen LogP contribution in [-0.4, -0.2) is 19.6 Å². The molecule has 6 heteroatoms. The van der Waals surface area contributed by atoms with Crippen molar-refractivity contribution in [1.29, 1.82) is 0 Å². The minimum Gasteiger partial charge on any atom is -0.507 e. The Bertz CT molecular complexity index is 3250. The van der Waals surface area contributed by atoms with Crippen molar-refractivity contribution in [2.75, 3.05) is 0 Å². The summed E-state index contributed by atoms with van der Waals surface area (Å²) in [4.78, 5) is 10.5. The van der Waals surface area contributed by atoms with Gasteiger partial charge in [0.2, 0.25) is 0 Å². The van der Waals surface area contributed by atoms with Crippen LogP contribution in [0.4, 0.5) is 0 Å². The topological polar surface area (TPSA) is 64.1 Å². The van der Waals surface area contributed by atoms with E-state index in [0.717, 1.165) is 88.5 Å². The van der Waals surface area contributed by atoms with Gasteiger partial charge in [-0.25, -0.2) is 4.98 Å². The summed E-state index contributed by atoms with van der Waals surface area (Å²) in [7, 11) is 0. The third kappa shape index (κ3) is 6.72. The first-order valence-corrected chi connectivity index (χ1v) is 20.2. The molecule has 7 aromatic carbocycles. The van der Waals surface area contributed by atoms with Crippen molar-refractivity contribution in [3.05, 3.63) is 169 Å². The monoisotopic (exact) mass is 961 g/mol. The van der Waals surface area contributed by atoms with Gasteiger partial charge in [0.05, 0.1) is 22.3 Å². The molecule has 0 spiro atoms. The SMILES string of the molecule is CC(C)(C)c1cc(-c2cccc3c2nc(-c2ccccc2O)n3-c2ccc(C(C)(C)C)cc2-c2ccccc2)[c-]c(-c2nccc3oc4cc5ccccc5cc4c23)c1.[Pt]. The summed E-state index contributed by atoms with van der Waals surface area (Å²) in [6.45, 7) is 13.4. The fraction of sp³-hybridized carbons (Fsp3) is 0.148. The van der Waals surface area contributed by atoms with Crippen LogP contribution in [0.25, 0.3) is 94.3 Å². The molecule has 3 aromatic heterocycles. The number of para-hydroxylation sites is 2. The smallest absolute Gasteiger partial charge is 0.148 e. The van der Waals surface area contributed by atoms with E-state index < -0.39 is 0 Å². The fourth-order valence-electron chi connectivity index (χ4n) is 8.34. The van der Waals surface area contributed by atoms with Crippen LogP contribution in [-0.2, 0) is 31.9 Å². The van der Waals surface area contributed by atoms with E-state index in [-0.39, 0.29) is 37.6 Å². The number of aromatic hydroxyl groups is 1. The van der Waals surface area contributed by atoms with Gasteiger partial charge in [-0.15, -0.1) is 29.3 Å². The zero-order chi connectivity index (χ0) is 40.6. The number of hydrogen-bond acceptors (Lipinski definition) is 4. The molecule has 0 aliphatic carbocycles. The van der Waals surface area contributed by atoms with Crippen molar-refractivity contribution in [2.45, 2.75) is 52.4 Å². The third-order valence-corrected chi connectivity index (χ3v) is 11.5. The molecule has 1 N–H and O–H groups in total. The van der Waals surface area contributed by atoms with E-state index in [9.17, 15) is 5.11 Å². The number of phenolic OH excluding ortho intramolecular Hbond substituents is 1. The first-order chi connectivity index (χ1) is 28.4. The number of phenols is 1. The Labute approximate surface area is 364 Å². The van der Waals surface area contributed by atoms with E-state index in [1.807, 2.05) is 36.5 Å². The summed E-state index contributed by atoms with van der Waals surface area (Å²) in [5.41, 5.74) is 12.9. The minimum absolute atomic E-state index is 0. The summed E-state index contributed by atoms with van der Waals surface area (Å²) in [5, 5.41) is 15.7. The molecule has 0 unspecified atom stereocenters. The molecule has 3 heterocycles. The van der Waals surface area contributed by atoms with Crippen molar-refractivity contribution < 1.29 is 30.6 Å². The second-order valence-electron chi connectivity index (χ2n) is 17.6. The summed E-state index contributed by atoms with van der Waals surface area (Å²) in [6, 6.07) is 54.0. The first-order valence-electron chi connectivity index (χ1n) is 20.2. The van der Waals surface area contributed by atoms with Crippen LogP contribution in [0.3, 0.4) is 0 Å². The Morgan fingerprint density at radius 1 is 0.600 bits per heavy atom. The molecule has 5 nitrogen and oxygen atoms in total. The molecule has 0 aliphatic rings. The largest absolute Gasteiger partial charge is 0.507 e. The summed E-state index contributed by atoms with van der Waals surface area (Å²) < 4.78 is 8.69. The van der Waals surface area contributed by atoms with Crippen molar-refractivity contribution in [1.82, 2.24) is 14.5 Å². The van der Waals surface area contributed by atoms with Gasteiger partial charge in [0.15, 0.2) is 0 Å². The van der Waals surface area contributed by atoms with Crippen molar-refractivity contribution in [3.8, 4) is 56.3 Å². The van der Waals surface area contributed by atoms with Crippen LogP contribution in [0.2, 0.25) is 0 Å². The molecule has 0 saturated heterocycles. The maximum absolute atomic E-state index is 11.4. The van der Waals surface area contributed by atoms with Crippen LogP contribution in [0.5, 0.6) is 5.75 Å². The Morgan fingerprint density at radius 3 is 2.03 bits per heavy atom. The van der Waals surface area contributed by atoms with Crippen LogP contribution < -0.4 is 0 Å². The molecule has 298 valence electrons. The van der Waals surface area contributed by atoms with Crippen molar-refractivity contribution in [2.24, 2.45) is 0 Å². The van der Waals surface area contributed by atoms with Gasteiger partial charge < -0.3 is 9.52 Å². The number of aromatic nitrogens is 3. The average molecular weight is 962 g/mol. The molecule has 0 atom stereocenters. The second kappa shape index (κ2) is 14.8. The number of imidazole rings is 1. The number of rotatable bonds is 5. The fourth-order valence-corrected chi connectivity index (χ4v) is 8.34. The van der Waals surface area contributed by atoms with E-state index >= 15 is 0 Å². The predicted molar refractivity (Wildman–Crippen MR) is 243 cm³/mol. The maximum Gasteiger partial charge on any atom is 0.148 e. The Balaban J connectivity index is 0.00000462. The molecule has 0 bridgehead atoms.